The van der Waals surface area contributed by atoms with Gasteiger partial charge >= 0.3 is 0 Å². The standard InChI is InChI=1S/C14H19N3O/c1-17(10-12-4-2-3-9-18-12)13-6-5-11-7-8-15-14(11)16-13/h5-8,12H,2-4,9-10H2,1H3,(H,15,16). The van der Waals surface area contributed by atoms with Crippen molar-refractivity contribution in [1.82, 2.24) is 9.97 Å². The summed E-state index contributed by atoms with van der Waals surface area (Å²) in [6, 6.07) is 6.21. The summed E-state index contributed by atoms with van der Waals surface area (Å²) in [5.74, 6) is 0.999. The predicted molar refractivity (Wildman–Crippen MR) is 73.0 cm³/mol. The largest absolute Gasteiger partial charge is 0.376 e. The first-order valence-electron chi connectivity index (χ1n) is 6.60. The second-order valence-corrected chi connectivity index (χ2v) is 4.95. The van der Waals surface area contributed by atoms with Gasteiger partial charge in [0.1, 0.15) is 11.5 Å². The summed E-state index contributed by atoms with van der Waals surface area (Å²) in [7, 11) is 2.08. The van der Waals surface area contributed by atoms with Crippen LogP contribution < -0.4 is 4.90 Å². The quantitative estimate of drug-likeness (QED) is 0.903. The Morgan fingerprint density at radius 1 is 1.39 bits per heavy atom. The zero-order valence-electron chi connectivity index (χ0n) is 10.7. The van der Waals surface area contributed by atoms with E-state index >= 15 is 0 Å². The SMILES string of the molecule is CN(CC1CCCCO1)c1ccc2cc[nH]c2n1. The van der Waals surface area contributed by atoms with Crippen molar-refractivity contribution in [3.05, 3.63) is 24.4 Å². The van der Waals surface area contributed by atoms with Gasteiger partial charge in [0.05, 0.1) is 6.10 Å². The highest BCUT2D eigenvalue weighted by atomic mass is 16.5. The molecule has 96 valence electrons. The highest BCUT2D eigenvalue weighted by molar-refractivity contribution is 5.77. The number of H-pyrrole nitrogens is 1. The minimum absolute atomic E-state index is 0.352. The number of nitrogens with zero attached hydrogens (tertiary/aromatic N) is 2. The zero-order chi connectivity index (χ0) is 12.4. The van der Waals surface area contributed by atoms with Crippen molar-refractivity contribution in [3.63, 3.8) is 0 Å². The summed E-state index contributed by atoms with van der Waals surface area (Å²) < 4.78 is 5.77. The van der Waals surface area contributed by atoms with Crippen LogP contribution in [0, 0.1) is 0 Å². The van der Waals surface area contributed by atoms with E-state index in [9.17, 15) is 0 Å². The minimum atomic E-state index is 0.352. The Kier molecular flexibility index (Phi) is 3.19. The van der Waals surface area contributed by atoms with Gasteiger partial charge in [-0.15, -0.1) is 0 Å². The molecule has 2 aromatic heterocycles. The number of hydrogen-bond donors (Lipinski definition) is 1. The first kappa shape index (κ1) is 11.5. The van der Waals surface area contributed by atoms with Gasteiger partial charge in [-0.2, -0.15) is 0 Å². The first-order valence-corrected chi connectivity index (χ1v) is 6.60. The normalized spacial score (nSPS) is 20.2. The summed E-state index contributed by atoms with van der Waals surface area (Å²) >= 11 is 0. The van der Waals surface area contributed by atoms with E-state index in [2.05, 4.69) is 34.0 Å². The molecule has 0 amide bonds. The molecule has 1 unspecified atom stereocenters. The van der Waals surface area contributed by atoms with E-state index < -0.39 is 0 Å². The Morgan fingerprint density at radius 2 is 2.33 bits per heavy atom. The molecule has 0 saturated carbocycles. The third kappa shape index (κ3) is 2.34. The average molecular weight is 245 g/mol. The van der Waals surface area contributed by atoms with Crippen LogP contribution in [0.15, 0.2) is 24.4 Å². The number of aromatic amines is 1. The predicted octanol–water partition coefficient (Wildman–Crippen LogP) is 2.57. The summed E-state index contributed by atoms with van der Waals surface area (Å²) in [6.07, 6.45) is 5.92. The lowest BCUT2D eigenvalue weighted by molar-refractivity contribution is 0.0215. The van der Waals surface area contributed by atoms with Gasteiger partial charge in [0.2, 0.25) is 0 Å². The molecule has 4 heteroatoms. The fourth-order valence-electron chi connectivity index (χ4n) is 2.48. The van der Waals surface area contributed by atoms with Gasteiger partial charge in [-0.05, 0) is 37.5 Å². The van der Waals surface area contributed by atoms with Crippen LogP contribution in [0.1, 0.15) is 19.3 Å². The van der Waals surface area contributed by atoms with Crippen LogP contribution in [0.25, 0.3) is 11.0 Å². The van der Waals surface area contributed by atoms with Crippen molar-refractivity contribution >= 4 is 16.9 Å². The van der Waals surface area contributed by atoms with Crippen molar-refractivity contribution in [2.45, 2.75) is 25.4 Å². The third-order valence-electron chi connectivity index (χ3n) is 3.54. The fourth-order valence-corrected chi connectivity index (χ4v) is 2.48. The molecule has 1 N–H and O–H groups in total. The maximum Gasteiger partial charge on any atom is 0.139 e. The molecule has 1 aliphatic heterocycles. The minimum Gasteiger partial charge on any atom is -0.376 e. The van der Waals surface area contributed by atoms with Crippen molar-refractivity contribution in [2.24, 2.45) is 0 Å². The Bertz CT molecular complexity index is 516. The van der Waals surface area contributed by atoms with Crippen LogP contribution in [-0.4, -0.2) is 36.3 Å². The van der Waals surface area contributed by atoms with Crippen LogP contribution in [-0.2, 0) is 4.74 Å². The Labute approximate surface area is 107 Å². The molecule has 2 aromatic rings. The Balaban J connectivity index is 1.72. The van der Waals surface area contributed by atoms with Gasteiger partial charge in [-0.25, -0.2) is 4.98 Å². The topological polar surface area (TPSA) is 41.1 Å². The van der Waals surface area contributed by atoms with Crippen molar-refractivity contribution < 1.29 is 4.74 Å². The summed E-state index contributed by atoms with van der Waals surface area (Å²) in [4.78, 5) is 9.94. The number of fused-ring (bicyclic) bond motifs is 1. The highest BCUT2D eigenvalue weighted by Gasteiger charge is 2.16. The molecule has 0 aliphatic carbocycles. The molecule has 18 heavy (non-hydrogen) atoms. The molecular formula is C14H19N3O. The van der Waals surface area contributed by atoms with Crippen LogP contribution in [0.2, 0.25) is 0 Å². The lowest BCUT2D eigenvalue weighted by atomic mass is 10.1. The summed E-state index contributed by atoms with van der Waals surface area (Å²) in [5.41, 5.74) is 0.948. The molecule has 1 saturated heterocycles. The number of likely N-dealkylation sites (N-methyl/N-ethyl adjacent to an activating group) is 1. The first-order chi connectivity index (χ1) is 8.83. The molecule has 1 atom stereocenters. The third-order valence-corrected chi connectivity index (χ3v) is 3.54. The van der Waals surface area contributed by atoms with E-state index in [1.54, 1.807) is 0 Å². The maximum absolute atomic E-state index is 5.77. The van der Waals surface area contributed by atoms with E-state index in [4.69, 9.17) is 4.74 Å². The molecule has 3 heterocycles. The van der Waals surface area contributed by atoms with Gasteiger partial charge in [0, 0.05) is 31.8 Å². The number of pyridine rings is 1. The molecule has 0 aromatic carbocycles. The molecule has 4 nitrogen and oxygen atoms in total. The smallest absolute Gasteiger partial charge is 0.139 e. The number of ether oxygens (including phenoxy) is 1. The second kappa shape index (κ2) is 4.98. The summed E-state index contributed by atoms with van der Waals surface area (Å²) in [6.45, 7) is 1.82. The molecule has 0 spiro atoms. The lowest BCUT2D eigenvalue weighted by Crippen LogP contribution is -2.33. The maximum atomic E-state index is 5.77. The van der Waals surface area contributed by atoms with E-state index in [0.717, 1.165) is 36.4 Å². The molecule has 1 aliphatic rings. The number of anilines is 1. The number of hydrogen-bond acceptors (Lipinski definition) is 3. The molecule has 0 radical (unpaired) electrons. The zero-order valence-corrected chi connectivity index (χ0v) is 10.7. The highest BCUT2D eigenvalue weighted by Crippen LogP contribution is 2.19. The van der Waals surface area contributed by atoms with E-state index in [1.807, 2.05) is 12.3 Å². The lowest BCUT2D eigenvalue weighted by Gasteiger charge is -2.28. The van der Waals surface area contributed by atoms with Gasteiger partial charge < -0.3 is 14.6 Å². The van der Waals surface area contributed by atoms with E-state index in [0.29, 0.717) is 6.10 Å². The average Bonchev–Trinajstić information content (AvgIpc) is 2.87. The van der Waals surface area contributed by atoms with Crippen LogP contribution in [0.3, 0.4) is 0 Å². The number of rotatable bonds is 3. The molecule has 1 fully saturated rings. The van der Waals surface area contributed by atoms with Gasteiger partial charge in [0.25, 0.3) is 0 Å². The van der Waals surface area contributed by atoms with Crippen molar-refractivity contribution in [3.8, 4) is 0 Å². The van der Waals surface area contributed by atoms with Crippen LogP contribution in [0.4, 0.5) is 5.82 Å². The van der Waals surface area contributed by atoms with Gasteiger partial charge in [0.15, 0.2) is 0 Å². The van der Waals surface area contributed by atoms with Crippen LogP contribution in [0.5, 0.6) is 0 Å². The molecule has 0 bridgehead atoms. The van der Waals surface area contributed by atoms with E-state index in [1.165, 1.54) is 12.8 Å². The van der Waals surface area contributed by atoms with Crippen molar-refractivity contribution in [2.75, 3.05) is 25.1 Å². The van der Waals surface area contributed by atoms with E-state index in [-0.39, 0.29) is 0 Å². The summed E-state index contributed by atoms with van der Waals surface area (Å²) in [5, 5.41) is 1.15. The van der Waals surface area contributed by atoms with Gasteiger partial charge in [-0.3, -0.25) is 0 Å². The fraction of sp³-hybridized carbons (Fsp3) is 0.500. The Hall–Kier alpha value is -1.55. The number of aromatic nitrogens is 2. The second-order valence-electron chi connectivity index (χ2n) is 4.95. The molecular weight excluding hydrogens is 226 g/mol. The molecule has 3 rings (SSSR count). The van der Waals surface area contributed by atoms with Crippen molar-refractivity contribution in [1.29, 1.82) is 0 Å². The Morgan fingerprint density at radius 3 is 3.17 bits per heavy atom. The monoisotopic (exact) mass is 245 g/mol. The van der Waals surface area contributed by atoms with Crippen LogP contribution >= 0.6 is 0 Å². The number of nitrogens with one attached hydrogen (secondary N) is 1. The van der Waals surface area contributed by atoms with Gasteiger partial charge in [-0.1, -0.05) is 0 Å².